The summed E-state index contributed by atoms with van der Waals surface area (Å²) in [5.41, 5.74) is 3.98. The Morgan fingerprint density at radius 3 is 2.57 bits per heavy atom. The van der Waals surface area contributed by atoms with E-state index in [1.165, 1.54) is 0 Å². The van der Waals surface area contributed by atoms with E-state index in [2.05, 4.69) is 27.6 Å². The Kier molecular flexibility index (Phi) is 7.34. The third-order valence-corrected chi connectivity index (χ3v) is 5.12. The first kappa shape index (κ1) is 20.7. The zero-order chi connectivity index (χ0) is 19.9. The first-order valence-corrected chi connectivity index (χ1v) is 10.5. The summed E-state index contributed by atoms with van der Waals surface area (Å²) in [6.07, 6.45) is 1.82. The first-order chi connectivity index (χ1) is 13.6. The molecule has 0 atom stereocenters. The molecule has 0 aliphatic rings. The molecular formula is C23H21ClINO2. The van der Waals surface area contributed by atoms with Crippen molar-refractivity contribution in [3.63, 3.8) is 0 Å². The molecule has 0 saturated carbocycles. The molecule has 3 nitrogen and oxygen atoms in total. The molecular weight excluding hydrogens is 485 g/mol. The summed E-state index contributed by atoms with van der Waals surface area (Å²) < 4.78 is 12.9. The van der Waals surface area contributed by atoms with Gasteiger partial charge in [-0.1, -0.05) is 48.0 Å². The van der Waals surface area contributed by atoms with Crippen LogP contribution in [0.2, 0.25) is 5.02 Å². The number of rotatable bonds is 7. The SMILES string of the molecule is CCOc1cc(C=Nc2cc(Cl)ccc2C)cc(I)c1OCc1ccccc1. The van der Waals surface area contributed by atoms with Crippen LogP contribution in [0.3, 0.4) is 0 Å². The van der Waals surface area contributed by atoms with Crippen LogP contribution in [0.15, 0.2) is 65.7 Å². The third-order valence-electron chi connectivity index (χ3n) is 4.08. The monoisotopic (exact) mass is 505 g/mol. The quantitative estimate of drug-likeness (QED) is 0.256. The van der Waals surface area contributed by atoms with Crippen molar-refractivity contribution < 1.29 is 9.47 Å². The standard InChI is InChI=1S/C23H21ClINO2/c1-3-27-22-12-18(14-26-21-13-19(24)10-9-16(21)2)11-20(25)23(22)28-15-17-7-5-4-6-8-17/h4-14H,3,15H2,1-2H3. The van der Waals surface area contributed by atoms with Crippen LogP contribution in [0, 0.1) is 10.5 Å². The Morgan fingerprint density at radius 1 is 1.04 bits per heavy atom. The van der Waals surface area contributed by atoms with Gasteiger partial charge in [-0.15, -0.1) is 0 Å². The molecule has 0 bridgehead atoms. The lowest BCUT2D eigenvalue weighted by molar-refractivity contribution is 0.267. The van der Waals surface area contributed by atoms with E-state index < -0.39 is 0 Å². The molecule has 3 rings (SSSR count). The molecule has 0 heterocycles. The summed E-state index contributed by atoms with van der Waals surface area (Å²) in [7, 11) is 0. The Bertz CT molecular complexity index is 974. The second-order valence-electron chi connectivity index (χ2n) is 6.23. The van der Waals surface area contributed by atoms with Crippen molar-refractivity contribution in [2.24, 2.45) is 4.99 Å². The Morgan fingerprint density at radius 2 is 1.82 bits per heavy atom. The minimum atomic E-state index is 0.492. The highest BCUT2D eigenvalue weighted by Crippen LogP contribution is 2.35. The number of benzene rings is 3. The van der Waals surface area contributed by atoms with Crippen LogP contribution >= 0.6 is 34.2 Å². The van der Waals surface area contributed by atoms with Gasteiger partial charge in [0.15, 0.2) is 11.5 Å². The number of halogens is 2. The Hall–Kier alpha value is -2.05. The maximum atomic E-state index is 6.08. The number of ether oxygens (including phenoxy) is 2. The van der Waals surface area contributed by atoms with Gasteiger partial charge in [0, 0.05) is 11.2 Å². The second-order valence-corrected chi connectivity index (χ2v) is 7.82. The van der Waals surface area contributed by atoms with Gasteiger partial charge in [0.25, 0.3) is 0 Å². The van der Waals surface area contributed by atoms with Crippen molar-refractivity contribution in [2.75, 3.05) is 6.61 Å². The van der Waals surface area contributed by atoms with Gasteiger partial charge in [0.2, 0.25) is 0 Å². The van der Waals surface area contributed by atoms with Gasteiger partial charge in [-0.05, 0) is 77.4 Å². The van der Waals surface area contributed by atoms with Gasteiger partial charge in [0.1, 0.15) is 6.61 Å². The van der Waals surface area contributed by atoms with Gasteiger partial charge in [-0.2, -0.15) is 0 Å². The number of aliphatic imine (C=N–C) groups is 1. The lowest BCUT2D eigenvalue weighted by Gasteiger charge is -2.14. The number of hydrogen-bond acceptors (Lipinski definition) is 3. The normalized spacial score (nSPS) is 11.0. The minimum Gasteiger partial charge on any atom is -0.490 e. The average molecular weight is 506 g/mol. The molecule has 0 aliphatic heterocycles. The van der Waals surface area contributed by atoms with Crippen molar-refractivity contribution in [3.05, 3.63) is 85.9 Å². The van der Waals surface area contributed by atoms with E-state index in [4.69, 9.17) is 21.1 Å². The molecule has 0 amide bonds. The molecule has 3 aromatic carbocycles. The van der Waals surface area contributed by atoms with Crippen molar-refractivity contribution in [1.82, 2.24) is 0 Å². The lowest BCUT2D eigenvalue weighted by atomic mass is 10.2. The number of hydrogen-bond donors (Lipinski definition) is 0. The smallest absolute Gasteiger partial charge is 0.175 e. The highest BCUT2D eigenvalue weighted by Gasteiger charge is 2.12. The summed E-state index contributed by atoms with van der Waals surface area (Å²) >= 11 is 8.36. The molecule has 0 aliphatic carbocycles. The zero-order valence-corrected chi connectivity index (χ0v) is 18.7. The molecule has 5 heteroatoms. The number of aryl methyl sites for hydroxylation is 1. The Labute approximate surface area is 184 Å². The molecule has 0 saturated heterocycles. The summed E-state index contributed by atoms with van der Waals surface area (Å²) in [4.78, 5) is 4.59. The zero-order valence-electron chi connectivity index (χ0n) is 15.8. The summed E-state index contributed by atoms with van der Waals surface area (Å²) in [6.45, 7) is 5.03. The lowest BCUT2D eigenvalue weighted by Crippen LogP contribution is -2.02. The molecule has 0 N–H and O–H groups in total. The van der Waals surface area contributed by atoms with E-state index >= 15 is 0 Å². The highest BCUT2D eigenvalue weighted by atomic mass is 127. The maximum Gasteiger partial charge on any atom is 0.175 e. The van der Waals surface area contributed by atoms with E-state index in [1.807, 2.05) is 80.7 Å². The molecule has 0 unspecified atom stereocenters. The third kappa shape index (κ3) is 5.49. The van der Waals surface area contributed by atoms with E-state index in [0.29, 0.717) is 18.2 Å². The van der Waals surface area contributed by atoms with Crippen molar-refractivity contribution >= 4 is 46.1 Å². The maximum absolute atomic E-state index is 6.08. The van der Waals surface area contributed by atoms with Crippen molar-refractivity contribution in [2.45, 2.75) is 20.5 Å². The summed E-state index contributed by atoms with van der Waals surface area (Å²) in [6, 6.07) is 19.8. The Balaban J connectivity index is 1.85. The summed E-state index contributed by atoms with van der Waals surface area (Å²) in [5, 5.41) is 0.673. The van der Waals surface area contributed by atoms with Crippen molar-refractivity contribution in [3.8, 4) is 11.5 Å². The van der Waals surface area contributed by atoms with Gasteiger partial charge in [0.05, 0.1) is 15.9 Å². The molecule has 3 aromatic rings. The molecule has 144 valence electrons. The molecule has 0 aromatic heterocycles. The second kappa shape index (κ2) is 9.94. The minimum absolute atomic E-state index is 0.492. The van der Waals surface area contributed by atoms with Gasteiger partial charge >= 0.3 is 0 Å². The molecule has 0 radical (unpaired) electrons. The molecule has 0 fully saturated rings. The van der Waals surface area contributed by atoms with Crippen molar-refractivity contribution in [1.29, 1.82) is 0 Å². The number of nitrogens with zero attached hydrogens (tertiary/aromatic N) is 1. The van der Waals surface area contributed by atoms with Crippen LogP contribution in [-0.4, -0.2) is 12.8 Å². The molecule has 0 spiro atoms. The predicted molar refractivity (Wildman–Crippen MR) is 125 cm³/mol. The van der Waals surface area contributed by atoms with E-state index in [9.17, 15) is 0 Å². The predicted octanol–water partition coefficient (Wildman–Crippen LogP) is 6.98. The molecule has 28 heavy (non-hydrogen) atoms. The fourth-order valence-electron chi connectivity index (χ4n) is 2.66. The van der Waals surface area contributed by atoms with Gasteiger partial charge in [-0.3, -0.25) is 4.99 Å². The van der Waals surface area contributed by atoms with E-state index in [-0.39, 0.29) is 0 Å². The van der Waals surface area contributed by atoms with Gasteiger partial charge < -0.3 is 9.47 Å². The summed E-state index contributed by atoms with van der Waals surface area (Å²) in [5.74, 6) is 1.47. The van der Waals surface area contributed by atoms with Crippen LogP contribution in [0.25, 0.3) is 0 Å². The highest BCUT2D eigenvalue weighted by molar-refractivity contribution is 14.1. The fraction of sp³-hybridized carbons (Fsp3) is 0.174. The fourth-order valence-corrected chi connectivity index (χ4v) is 3.61. The van der Waals surface area contributed by atoms with Crippen LogP contribution in [0.5, 0.6) is 11.5 Å². The van der Waals surface area contributed by atoms with Crippen LogP contribution < -0.4 is 9.47 Å². The topological polar surface area (TPSA) is 30.8 Å². The largest absolute Gasteiger partial charge is 0.490 e. The van der Waals surface area contributed by atoms with Crippen LogP contribution in [0.4, 0.5) is 5.69 Å². The van der Waals surface area contributed by atoms with E-state index in [0.717, 1.165) is 37.4 Å². The van der Waals surface area contributed by atoms with E-state index in [1.54, 1.807) is 0 Å². The van der Waals surface area contributed by atoms with Crippen LogP contribution in [-0.2, 0) is 6.61 Å². The van der Waals surface area contributed by atoms with Crippen LogP contribution in [0.1, 0.15) is 23.6 Å². The van der Waals surface area contributed by atoms with Gasteiger partial charge in [-0.25, -0.2) is 0 Å². The average Bonchev–Trinajstić information content (AvgIpc) is 2.69. The first-order valence-electron chi connectivity index (χ1n) is 9.00.